The zero-order valence-corrected chi connectivity index (χ0v) is 10.8. The van der Waals surface area contributed by atoms with Crippen LogP contribution in [0.5, 0.6) is 0 Å². The van der Waals surface area contributed by atoms with Gasteiger partial charge in [-0.15, -0.1) is 0 Å². The second-order valence-electron chi connectivity index (χ2n) is 6.56. The maximum absolute atomic E-state index is 9.94. The summed E-state index contributed by atoms with van der Waals surface area (Å²) in [5.41, 5.74) is 0.545. The average molecular weight is 225 g/mol. The molecular weight excluding hydrogens is 198 g/mol. The van der Waals surface area contributed by atoms with Crippen LogP contribution in [0.3, 0.4) is 0 Å². The fourth-order valence-corrected chi connectivity index (χ4v) is 3.17. The first-order valence-corrected chi connectivity index (χ1v) is 7.01. The van der Waals surface area contributed by atoms with Crippen LogP contribution < -0.4 is 5.32 Å². The number of rotatable bonds is 2. The first-order chi connectivity index (χ1) is 7.57. The highest BCUT2D eigenvalue weighted by atomic mass is 16.3. The first kappa shape index (κ1) is 12.4. The van der Waals surface area contributed by atoms with Gasteiger partial charge in [0.2, 0.25) is 0 Å². The average Bonchev–Trinajstić information content (AvgIpc) is 2.24. The third kappa shape index (κ3) is 3.21. The highest BCUT2D eigenvalue weighted by Gasteiger charge is 2.30. The summed E-state index contributed by atoms with van der Waals surface area (Å²) in [4.78, 5) is 0. The Balaban J connectivity index is 1.77. The number of aliphatic hydroxyl groups is 1. The van der Waals surface area contributed by atoms with Gasteiger partial charge in [-0.05, 0) is 43.9 Å². The van der Waals surface area contributed by atoms with Gasteiger partial charge in [0.05, 0.1) is 6.10 Å². The van der Waals surface area contributed by atoms with Crippen LogP contribution in [0.15, 0.2) is 0 Å². The number of aliphatic hydroxyl groups excluding tert-OH is 1. The molecule has 0 saturated heterocycles. The lowest BCUT2D eigenvalue weighted by Gasteiger charge is -2.38. The largest absolute Gasteiger partial charge is 0.392 e. The lowest BCUT2D eigenvalue weighted by atomic mass is 9.75. The highest BCUT2D eigenvalue weighted by Crippen LogP contribution is 2.35. The molecule has 2 aliphatic rings. The summed E-state index contributed by atoms with van der Waals surface area (Å²) in [6.45, 7) is 4.75. The molecule has 94 valence electrons. The lowest BCUT2D eigenvalue weighted by molar-refractivity contribution is 0.0761. The predicted molar refractivity (Wildman–Crippen MR) is 67.4 cm³/mol. The fourth-order valence-electron chi connectivity index (χ4n) is 3.17. The van der Waals surface area contributed by atoms with Crippen LogP contribution in [0, 0.1) is 5.41 Å². The molecule has 2 nitrogen and oxygen atoms in total. The van der Waals surface area contributed by atoms with Gasteiger partial charge < -0.3 is 10.4 Å². The minimum Gasteiger partial charge on any atom is -0.392 e. The standard InChI is InChI=1S/C14H27NO/c1-14(2)9-7-11(8-10-14)15-12-5-3-4-6-13(12)16/h11-13,15-16H,3-10H2,1-2H3/t12-,13-/m1/s1. The molecule has 0 aromatic carbocycles. The molecule has 0 aromatic rings. The molecule has 0 amide bonds. The van der Waals surface area contributed by atoms with Gasteiger partial charge in [0, 0.05) is 12.1 Å². The van der Waals surface area contributed by atoms with E-state index in [4.69, 9.17) is 0 Å². The van der Waals surface area contributed by atoms with Crippen LogP contribution in [0.2, 0.25) is 0 Å². The molecule has 2 fully saturated rings. The van der Waals surface area contributed by atoms with Crippen LogP contribution in [0.25, 0.3) is 0 Å². The molecule has 2 saturated carbocycles. The quantitative estimate of drug-likeness (QED) is 0.757. The van der Waals surface area contributed by atoms with Crippen molar-refractivity contribution in [3.8, 4) is 0 Å². The topological polar surface area (TPSA) is 32.3 Å². The molecule has 0 spiro atoms. The summed E-state index contributed by atoms with van der Waals surface area (Å²) >= 11 is 0. The molecule has 0 radical (unpaired) electrons. The summed E-state index contributed by atoms with van der Waals surface area (Å²) in [6.07, 6.45) is 9.79. The van der Waals surface area contributed by atoms with Gasteiger partial charge in [-0.2, -0.15) is 0 Å². The summed E-state index contributed by atoms with van der Waals surface area (Å²) in [5.74, 6) is 0. The van der Waals surface area contributed by atoms with Gasteiger partial charge in [0.25, 0.3) is 0 Å². The number of hydrogen-bond donors (Lipinski definition) is 2. The van der Waals surface area contributed by atoms with E-state index in [0.29, 0.717) is 17.5 Å². The van der Waals surface area contributed by atoms with Gasteiger partial charge in [-0.25, -0.2) is 0 Å². The molecule has 0 unspecified atom stereocenters. The van der Waals surface area contributed by atoms with Gasteiger partial charge in [0.15, 0.2) is 0 Å². The van der Waals surface area contributed by atoms with Gasteiger partial charge >= 0.3 is 0 Å². The van der Waals surface area contributed by atoms with E-state index in [0.717, 1.165) is 6.42 Å². The van der Waals surface area contributed by atoms with Crippen molar-refractivity contribution in [1.82, 2.24) is 5.32 Å². The van der Waals surface area contributed by atoms with Crippen molar-refractivity contribution in [3.63, 3.8) is 0 Å². The highest BCUT2D eigenvalue weighted by molar-refractivity contribution is 4.87. The molecular formula is C14H27NO. The summed E-state index contributed by atoms with van der Waals surface area (Å²) in [5, 5.41) is 13.6. The molecule has 2 N–H and O–H groups in total. The van der Waals surface area contributed by atoms with Crippen LogP contribution in [-0.4, -0.2) is 23.3 Å². The van der Waals surface area contributed by atoms with Gasteiger partial charge in [0.1, 0.15) is 0 Å². The van der Waals surface area contributed by atoms with Crippen LogP contribution in [-0.2, 0) is 0 Å². The lowest BCUT2D eigenvalue weighted by Crippen LogP contribution is -2.48. The third-order valence-electron chi connectivity index (χ3n) is 4.52. The molecule has 0 aliphatic heterocycles. The predicted octanol–water partition coefficient (Wildman–Crippen LogP) is 2.85. The molecule has 2 atom stereocenters. The van der Waals surface area contributed by atoms with E-state index < -0.39 is 0 Å². The molecule has 2 rings (SSSR count). The number of hydrogen-bond acceptors (Lipinski definition) is 2. The minimum absolute atomic E-state index is 0.0938. The van der Waals surface area contributed by atoms with E-state index in [1.807, 2.05) is 0 Å². The summed E-state index contributed by atoms with van der Waals surface area (Å²) in [6, 6.07) is 1.03. The minimum atomic E-state index is -0.0938. The Morgan fingerprint density at radius 2 is 1.62 bits per heavy atom. The fraction of sp³-hybridized carbons (Fsp3) is 1.00. The van der Waals surface area contributed by atoms with Crippen molar-refractivity contribution in [2.75, 3.05) is 0 Å². The Hall–Kier alpha value is -0.0800. The van der Waals surface area contributed by atoms with Crippen molar-refractivity contribution < 1.29 is 5.11 Å². The van der Waals surface area contributed by atoms with Crippen LogP contribution in [0.1, 0.15) is 65.2 Å². The third-order valence-corrected chi connectivity index (χ3v) is 4.52. The maximum atomic E-state index is 9.94. The SMILES string of the molecule is CC1(C)CCC(N[C@@H]2CCCC[C@H]2O)CC1. The van der Waals surface area contributed by atoms with Gasteiger partial charge in [-0.3, -0.25) is 0 Å². The number of nitrogens with one attached hydrogen (secondary N) is 1. The summed E-state index contributed by atoms with van der Waals surface area (Å²) in [7, 11) is 0. The zero-order valence-electron chi connectivity index (χ0n) is 10.8. The molecule has 0 bridgehead atoms. The Morgan fingerprint density at radius 3 is 2.25 bits per heavy atom. The second kappa shape index (κ2) is 5.05. The first-order valence-electron chi connectivity index (χ1n) is 7.01. The maximum Gasteiger partial charge on any atom is 0.0693 e. The van der Waals surface area contributed by atoms with Crippen LogP contribution in [0.4, 0.5) is 0 Å². The van der Waals surface area contributed by atoms with E-state index >= 15 is 0 Å². The zero-order chi connectivity index (χ0) is 11.6. The molecule has 16 heavy (non-hydrogen) atoms. The van der Waals surface area contributed by atoms with Crippen molar-refractivity contribution in [1.29, 1.82) is 0 Å². The molecule has 0 heterocycles. The Kier molecular flexibility index (Phi) is 3.91. The van der Waals surface area contributed by atoms with E-state index in [9.17, 15) is 5.11 Å². The normalized spacial score (nSPS) is 36.2. The van der Waals surface area contributed by atoms with Crippen molar-refractivity contribution >= 4 is 0 Å². The summed E-state index contributed by atoms with van der Waals surface area (Å²) < 4.78 is 0. The Bertz CT molecular complexity index is 217. The molecule has 2 heteroatoms. The smallest absolute Gasteiger partial charge is 0.0693 e. The van der Waals surface area contributed by atoms with E-state index in [2.05, 4.69) is 19.2 Å². The molecule has 0 aromatic heterocycles. The Labute approximate surface area is 99.8 Å². The van der Waals surface area contributed by atoms with Crippen molar-refractivity contribution in [2.45, 2.75) is 83.4 Å². The van der Waals surface area contributed by atoms with Crippen molar-refractivity contribution in [2.24, 2.45) is 5.41 Å². The Morgan fingerprint density at radius 1 is 1.00 bits per heavy atom. The van der Waals surface area contributed by atoms with E-state index in [-0.39, 0.29) is 6.10 Å². The van der Waals surface area contributed by atoms with E-state index in [1.54, 1.807) is 0 Å². The van der Waals surface area contributed by atoms with Gasteiger partial charge in [-0.1, -0.05) is 26.7 Å². The van der Waals surface area contributed by atoms with Crippen LogP contribution >= 0.6 is 0 Å². The second-order valence-corrected chi connectivity index (χ2v) is 6.56. The van der Waals surface area contributed by atoms with E-state index in [1.165, 1.54) is 44.9 Å². The monoisotopic (exact) mass is 225 g/mol. The van der Waals surface area contributed by atoms with Crippen molar-refractivity contribution in [3.05, 3.63) is 0 Å². The molecule has 2 aliphatic carbocycles.